The van der Waals surface area contributed by atoms with E-state index in [4.69, 9.17) is 10.4 Å². The summed E-state index contributed by atoms with van der Waals surface area (Å²) in [4.78, 5) is 8.05. The Morgan fingerprint density at radius 1 is 1.00 bits per heavy atom. The van der Waals surface area contributed by atoms with E-state index in [2.05, 4.69) is 26.7 Å². The molecule has 12 heteroatoms. The van der Waals surface area contributed by atoms with Crippen LogP contribution >= 0.6 is 0 Å². The minimum atomic E-state index is -3.99. The first-order chi connectivity index (χ1) is 15.1. The largest absolute Gasteiger partial charge is 0.366 e. The number of anilines is 3. The van der Waals surface area contributed by atoms with Gasteiger partial charge in [-0.05, 0) is 41.5 Å². The number of sulfonamides is 1. The quantitative estimate of drug-likeness (QED) is 0.443. The molecule has 10 nitrogen and oxygen atoms in total. The van der Waals surface area contributed by atoms with Crippen LogP contribution < -0.4 is 15.8 Å². The predicted molar refractivity (Wildman–Crippen MR) is 119 cm³/mol. The van der Waals surface area contributed by atoms with Gasteiger partial charge < -0.3 is 10.6 Å². The van der Waals surface area contributed by atoms with Crippen LogP contribution in [-0.2, 0) is 32.8 Å². The third kappa shape index (κ3) is 6.01. The number of sulfone groups is 1. The van der Waals surface area contributed by atoms with Crippen LogP contribution in [0.15, 0.2) is 64.6 Å². The van der Waals surface area contributed by atoms with Crippen LogP contribution in [0.2, 0.25) is 0 Å². The summed E-state index contributed by atoms with van der Waals surface area (Å²) in [5.74, 6) is 0.876. The van der Waals surface area contributed by atoms with Gasteiger partial charge in [0.1, 0.15) is 18.0 Å². The number of hydrogen-bond donors (Lipinski definition) is 3. The van der Waals surface area contributed by atoms with Gasteiger partial charge in [-0.25, -0.2) is 31.9 Å². The van der Waals surface area contributed by atoms with Gasteiger partial charge in [0.2, 0.25) is 10.0 Å². The fraction of sp³-hybridized carbons (Fsp3) is 0.150. The van der Waals surface area contributed by atoms with Gasteiger partial charge in [-0.1, -0.05) is 12.1 Å². The molecule has 0 atom stereocenters. The van der Waals surface area contributed by atoms with Crippen LogP contribution in [0.3, 0.4) is 0 Å². The number of primary sulfonamides is 1. The first kappa shape index (κ1) is 23.1. The fourth-order valence-corrected chi connectivity index (χ4v) is 4.37. The minimum Gasteiger partial charge on any atom is -0.366 e. The van der Waals surface area contributed by atoms with E-state index < -0.39 is 19.9 Å². The molecule has 0 saturated heterocycles. The fourth-order valence-electron chi connectivity index (χ4n) is 2.89. The zero-order valence-electron chi connectivity index (χ0n) is 17.0. The predicted octanol–water partition coefficient (Wildman–Crippen LogP) is 1.95. The topological polar surface area (TPSA) is 168 Å². The van der Waals surface area contributed by atoms with Gasteiger partial charge in [0.05, 0.1) is 22.3 Å². The Morgan fingerprint density at radius 2 is 1.69 bits per heavy atom. The van der Waals surface area contributed by atoms with Crippen LogP contribution in [0.4, 0.5) is 17.3 Å². The van der Waals surface area contributed by atoms with Crippen molar-refractivity contribution < 1.29 is 16.8 Å². The molecule has 1 heterocycles. The van der Waals surface area contributed by atoms with Crippen molar-refractivity contribution in [3.05, 3.63) is 66.0 Å². The molecule has 1 aromatic heterocycles. The lowest BCUT2D eigenvalue weighted by molar-refractivity contribution is 0.594. The maximum Gasteiger partial charge on any atom is 0.238 e. The Kier molecular flexibility index (Phi) is 6.73. The molecule has 2 aromatic carbocycles. The second-order valence-corrected chi connectivity index (χ2v) is 10.4. The van der Waals surface area contributed by atoms with E-state index in [0.717, 1.165) is 23.6 Å². The second kappa shape index (κ2) is 9.31. The van der Waals surface area contributed by atoms with Gasteiger partial charge >= 0.3 is 0 Å². The van der Waals surface area contributed by atoms with Crippen LogP contribution in [0.5, 0.6) is 0 Å². The summed E-state index contributed by atoms with van der Waals surface area (Å²) in [7, 11) is -7.59. The Hall–Kier alpha value is -3.53. The molecule has 3 rings (SSSR count). The molecule has 0 aliphatic heterocycles. The van der Waals surface area contributed by atoms with Gasteiger partial charge in [0, 0.05) is 24.6 Å². The summed E-state index contributed by atoms with van der Waals surface area (Å²) in [5.41, 5.74) is 1.89. The summed E-state index contributed by atoms with van der Waals surface area (Å²) in [5, 5.41) is 20.0. The van der Waals surface area contributed by atoms with Crippen molar-refractivity contribution in [3.63, 3.8) is 0 Å². The Bertz CT molecular complexity index is 1380. The molecule has 0 saturated carbocycles. The third-order valence-corrected chi connectivity index (χ3v) is 6.50. The molecule has 166 valence electrons. The molecule has 0 spiro atoms. The Labute approximate surface area is 186 Å². The summed E-state index contributed by atoms with van der Waals surface area (Å²) < 4.78 is 47.5. The van der Waals surface area contributed by atoms with Gasteiger partial charge in [-0.3, -0.25) is 0 Å². The SMILES string of the molecule is CS(=O)(=O)c1ccc(S(N)(=O)=O)cc1CNc1cc(Nc2ccc(CC#N)cc2)ncn1. The molecule has 0 aliphatic carbocycles. The zero-order chi connectivity index (χ0) is 23.4. The van der Waals surface area contributed by atoms with Crippen molar-refractivity contribution in [2.24, 2.45) is 5.14 Å². The van der Waals surface area contributed by atoms with Crippen molar-refractivity contribution in [2.75, 3.05) is 16.9 Å². The standard InChI is InChI=1S/C20H20N6O4S2/c1-31(27,28)18-7-6-17(32(22,29)30)10-15(18)12-23-19-11-20(25-13-24-19)26-16-4-2-14(3-5-16)8-9-21/h2-7,10-11,13H,8,12H2,1H3,(H2,22,29,30)(H2,23,24,25,26). The molecule has 3 aromatic rings. The first-order valence-corrected chi connectivity index (χ1v) is 12.6. The number of benzene rings is 2. The maximum atomic E-state index is 12.1. The summed E-state index contributed by atoms with van der Waals surface area (Å²) in [6, 6.07) is 14.6. The minimum absolute atomic E-state index is 0.00886. The highest BCUT2D eigenvalue weighted by Gasteiger charge is 2.17. The molecule has 0 aliphatic rings. The summed E-state index contributed by atoms with van der Waals surface area (Å²) >= 11 is 0. The maximum absolute atomic E-state index is 12.1. The van der Waals surface area contributed by atoms with Crippen molar-refractivity contribution in [2.45, 2.75) is 22.8 Å². The number of hydrogen-bond acceptors (Lipinski definition) is 9. The zero-order valence-corrected chi connectivity index (χ0v) is 18.6. The molecule has 0 fully saturated rings. The number of nitrogens with two attached hydrogens (primary N) is 1. The highest BCUT2D eigenvalue weighted by atomic mass is 32.2. The smallest absolute Gasteiger partial charge is 0.238 e. The van der Waals surface area contributed by atoms with Crippen molar-refractivity contribution in [1.29, 1.82) is 5.26 Å². The van der Waals surface area contributed by atoms with E-state index >= 15 is 0 Å². The third-order valence-electron chi connectivity index (χ3n) is 4.40. The van der Waals surface area contributed by atoms with Crippen molar-refractivity contribution in [3.8, 4) is 6.07 Å². The van der Waals surface area contributed by atoms with Crippen LogP contribution in [0, 0.1) is 11.3 Å². The number of aromatic nitrogens is 2. The molecule has 0 bridgehead atoms. The van der Waals surface area contributed by atoms with Gasteiger partial charge in [0.25, 0.3) is 0 Å². The molecule has 0 amide bonds. The highest BCUT2D eigenvalue weighted by Crippen LogP contribution is 2.22. The van der Waals surface area contributed by atoms with Crippen LogP contribution in [0.1, 0.15) is 11.1 Å². The summed E-state index contributed by atoms with van der Waals surface area (Å²) in [6.45, 7) is -0.00886. The van der Waals surface area contributed by atoms with Crippen LogP contribution in [-0.4, -0.2) is 33.1 Å². The Morgan fingerprint density at radius 3 is 2.31 bits per heavy atom. The molecule has 0 radical (unpaired) electrons. The number of rotatable bonds is 8. The van der Waals surface area contributed by atoms with Gasteiger partial charge in [-0.2, -0.15) is 5.26 Å². The lowest BCUT2D eigenvalue weighted by atomic mass is 10.1. The second-order valence-electron chi connectivity index (χ2n) is 6.89. The summed E-state index contributed by atoms with van der Waals surface area (Å²) in [6.07, 6.45) is 2.69. The van der Waals surface area contributed by atoms with E-state index in [-0.39, 0.29) is 21.9 Å². The molecule has 4 N–H and O–H groups in total. The highest BCUT2D eigenvalue weighted by molar-refractivity contribution is 7.90. The first-order valence-electron chi connectivity index (χ1n) is 9.21. The van der Waals surface area contributed by atoms with Gasteiger partial charge in [0.15, 0.2) is 9.84 Å². The average molecular weight is 473 g/mol. The van der Waals surface area contributed by atoms with Crippen molar-refractivity contribution >= 4 is 37.2 Å². The molecule has 32 heavy (non-hydrogen) atoms. The van der Waals surface area contributed by atoms with Crippen molar-refractivity contribution in [1.82, 2.24) is 9.97 Å². The number of nitrogens with one attached hydrogen (secondary N) is 2. The van der Waals surface area contributed by atoms with E-state index in [9.17, 15) is 16.8 Å². The molecule has 0 unspecified atom stereocenters. The Balaban J connectivity index is 1.80. The normalized spacial score (nSPS) is 11.5. The molecular formula is C20H20N6O4S2. The number of nitrogens with zero attached hydrogens (tertiary/aromatic N) is 3. The van der Waals surface area contributed by atoms with E-state index in [1.54, 1.807) is 6.07 Å². The average Bonchev–Trinajstić information content (AvgIpc) is 2.73. The van der Waals surface area contributed by atoms with E-state index in [1.165, 1.54) is 18.5 Å². The van der Waals surface area contributed by atoms with Gasteiger partial charge in [-0.15, -0.1) is 0 Å². The van der Waals surface area contributed by atoms with E-state index in [1.807, 2.05) is 24.3 Å². The van der Waals surface area contributed by atoms with Crippen LogP contribution in [0.25, 0.3) is 0 Å². The monoisotopic (exact) mass is 472 g/mol. The van der Waals surface area contributed by atoms with E-state index in [0.29, 0.717) is 18.1 Å². The lowest BCUT2D eigenvalue weighted by Gasteiger charge is -2.12. The molecular weight excluding hydrogens is 452 g/mol. The number of nitriles is 1. The lowest BCUT2D eigenvalue weighted by Crippen LogP contribution is -2.15.